The van der Waals surface area contributed by atoms with Gasteiger partial charge in [0.05, 0.1) is 5.71 Å². The van der Waals surface area contributed by atoms with Gasteiger partial charge in [-0.25, -0.2) is 9.98 Å². The Hall–Kier alpha value is -3.15. The summed E-state index contributed by atoms with van der Waals surface area (Å²) >= 11 is 0. The molecule has 0 unspecified atom stereocenters. The molecular weight excluding hydrogens is 352 g/mol. The van der Waals surface area contributed by atoms with Crippen LogP contribution in [0.4, 0.5) is 0 Å². The number of benzene rings is 1. The lowest BCUT2D eigenvalue weighted by Gasteiger charge is -2.24. The number of aliphatic imine (C=N–C) groups is 2. The molecule has 2 aliphatic rings. The molecule has 6 nitrogen and oxygen atoms in total. The zero-order valence-corrected chi connectivity index (χ0v) is 16.1. The van der Waals surface area contributed by atoms with E-state index in [1.807, 2.05) is 0 Å². The Kier molecular flexibility index (Phi) is 6.09. The van der Waals surface area contributed by atoms with Crippen molar-refractivity contribution in [3.63, 3.8) is 0 Å². The summed E-state index contributed by atoms with van der Waals surface area (Å²) in [6, 6.07) is 8.45. The first kappa shape index (κ1) is 19.6. The van der Waals surface area contributed by atoms with E-state index in [1.54, 1.807) is 13.0 Å². The molecule has 1 aliphatic carbocycles. The fraction of sp³-hybridized carbons (Fsp3) is 0.318. The number of hydrogen-bond donors (Lipinski definition) is 2. The van der Waals surface area contributed by atoms with Crippen LogP contribution in [-0.4, -0.2) is 24.1 Å². The smallest absolute Gasteiger partial charge is 0.242 e. The summed E-state index contributed by atoms with van der Waals surface area (Å²) in [6.45, 7) is 5.71. The highest BCUT2D eigenvalue weighted by molar-refractivity contribution is 6.09. The van der Waals surface area contributed by atoms with E-state index in [0.29, 0.717) is 29.8 Å². The number of rotatable bonds is 4. The van der Waals surface area contributed by atoms with Crippen LogP contribution in [0, 0.1) is 0 Å². The van der Waals surface area contributed by atoms with Crippen LogP contribution in [0.25, 0.3) is 0 Å². The summed E-state index contributed by atoms with van der Waals surface area (Å²) in [6.07, 6.45) is 6.90. The number of carbonyl (C=O) groups excluding carboxylic acids is 1. The van der Waals surface area contributed by atoms with Crippen molar-refractivity contribution in [1.29, 1.82) is 0 Å². The Morgan fingerprint density at radius 3 is 2.50 bits per heavy atom. The highest BCUT2D eigenvalue weighted by Gasteiger charge is 2.21. The van der Waals surface area contributed by atoms with Crippen molar-refractivity contribution in [3.05, 3.63) is 71.2 Å². The Labute approximate surface area is 165 Å². The number of ether oxygens (including phenoxy) is 1. The van der Waals surface area contributed by atoms with E-state index in [9.17, 15) is 4.79 Å². The minimum absolute atomic E-state index is 0.341. The van der Waals surface area contributed by atoms with E-state index in [4.69, 9.17) is 16.2 Å². The summed E-state index contributed by atoms with van der Waals surface area (Å²) in [4.78, 5) is 19.8. The minimum Gasteiger partial charge on any atom is -0.470 e. The molecule has 0 saturated heterocycles. The van der Waals surface area contributed by atoms with Gasteiger partial charge in [-0.15, -0.1) is 0 Å². The van der Waals surface area contributed by atoms with E-state index in [2.05, 4.69) is 40.8 Å². The van der Waals surface area contributed by atoms with Crippen molar-refractivity contribution in [2.45, 2.75) is 38.5 Å². The molecule has 1 aromatic rings. The standard InChI is InChI=1S/C22H26N4O2/c1-3-25-22-21(14(2)23)26-19(13-28-22)18-10-8-17(9-11-18)16-6-4-15(5-7-16)12-20(24)27/h3,8-12,16H,1,4-7,13,23H2,2H3,(H2,24,27)/b15-12?,21-14-,25-22?. The van der Waals surface area contributed by atoms with Crippen molar-refractivity contribution in [1.82, 2.24) is 0 Å². The van der Waals surface area contributed by atoms with Gasteiger partial charge in [0.25, 0.3) is 0 Å². The third-order valence-corrected chi connectivity index (χ3v) is 5.07. The van der Waals surface area contributed by atoms with Crippen LogP contribution >= 0.6 is 0 Å². The van der Waals surface area contributed by atoms with Gasteiger partial charge in [-0.05, 0) is 49.7 Å². The molecule has 28 heavy (non-hydrogen) atoms. The van der Waals surface area contributed by atoms with Gasteiger partial charge in [0, 0.05) is 18.0 Å². The van der Waals surface area contributed by atoms with Gasteiger partial charge >= 0.3 is 0 Å². The van der Waals surface area contributed by atoms with Gasteiger partial charge in [0.1, 0.15) is 12.3 Å². The number of nitrogens with zero attached hydrogens (tertiary/aromatic N) is 2. The van der Waals surface area contributed by atoms with Crippen LogP contribution in [0.15, 0.2) is 70.1 Å². The van der Waals surface area contributed by atoms with Gasteiger partial charge in [-0.2, -0.15) is 0 Å². The molecule has 4 N–H and O–H groups in total. The molecule has 0 aromatic heterocycles. The molecule has 0 radical (unpaired) electrons. The van der Waals surface area contributed by atoms with Crippen LogP contribution in [0.3, 0.4) is 0 Å². The highest BCUT2D eigenvalue weighted by atomic mass is 16.5. The van der Waals surface area contributed by atoms with E-state index in [-0.39, 0.29) is 5.91 Å². The quantitative estimate of drug-likeness (QED) is 0.786. The molecule has 0 spiro atoms. The van der Waals surface area contributed by atoms with Crippen LogP contribution in [0.5, 0.6) is 0 Å². The Morgan fingerprint density at radius 2 is 1.93 bits per heavy atom. The maximum Gasteiger partial charge on any atom is 0.242 e. The number of nitrogens with two attached hydrogens (primary N) is 2. The molecule has 146 valence electrons. The van der Waals surface area contributed by atoms with Gasteiger partial charge in [0.2, 0.25) is 11.8 Å². The fourth-order valence-corrected chi connectivity index (χ4v) is 3.62. The maximum atomic E-state index is 11.0. The second-order valence-electron chi connectivity index (χ2n) is 7.10. The van der Waals surface area contributed by atoms with Gasteiger partial charge < -0.3 is 16.2 Å². The largest absolute Gasteiger partial charge is 0.470 e. The lowest BCUT2D eigenvalue weighted by molar-refractivity contribution is -0.113. The molecule has 3 rings (SSSR count). The summed E-state index contributed by atoms with van der Waals surface area (Å²) in [5, 5.41) is 0. The average Bonchev–Trinajstić information content (AvgIpc) is 2.69. The second kappa shape index (κ2) is 8.69. The number of hydrogen-bond acceptors (Lipinski definition) is 5. The fourth-order valence-electron chi connectivity index (χ4n) is 3.62. The first-order chi connectivity index (χ1) is 13.5. The topological polar surface area (TPSA) is 103 Å². The van der Waals surface area contributed by atoms with Crippen LogP contribution in [-0.2, 0) is 9.53 Å². The SMILES string of the molecule is C=CN=C1OCC(c2ccc(C3CCC(=CC(N)=O)CC3)cc2)=N/C1=C(/C)N. The molecule has 1 fully saturated rings. The van der Waals surface area contributed by atoms with Crippen LogP contribution < -0.4 is 11.5 Å². The number of amides is 1. The van der Waals surface area contributed by atoms with Crippen molar-refractivity contribution in [2.24, 2.45) is 21.5 Å². The molecule has 1 aliphatic heterocycles. The number of carbonyl (C=O) groups is 1. The second-order valence-corrected chi connectivity index (χ2v) is 7.10. The van der Waals surface area contributed by atoms with Gasteiger partial charge in [-0.3, -0.25) is 4.79 Å². The first-order valence-corrected chi connectivity index (χ1v) is 9.43. The Morgan fingerprint density at radius 1 is 1.25 bits per heavy atom. The molecule has 0 bridgehead atoms. The molecule has 0 atom stereocenters. The van der Waals surface area contributed by atoms with Crippen LogP contribution in [0.2, 0.25) is 0 Å². The Balaban J connectivity index is 1.74. The summed E-state index contributed by atoms with van der Waals surface area (Å²) < 4.78 is 5.72. The highest BCUT2D eigenvalue weighted by Crippen LogP contribution is 2.35. The lowest BCUT2D eigenvalue weighted by atomic mass is 9.81. The van der Waals surface area contributed by atoms with E-state index in [0.717, 1.165) is 42.5 Å². The first-order valence-electron chi connectivity index (χ1n) is 9.43. The van der Waals surface area contributed by atoms with Crippen molar-refractivity contribution < 1.29 is 9.53 Å². The van der Waals surface area contributed by atoms with Crippen molar-refractivity contribution in [3.8, 4) is 0 Å². The lowest BCUT2D eigenvalue weighted by Crippen LogP contribution is -2.24. The molecular formula is C22H26N4O2. The third-order valence-electron chi connectivity index (χ3n) is 5.07. The van der Waals surface area contributed by atoms with Gasteiger partial charge in [-0.1, -0.05) is 36.4 Å². The normalized spacial score (nSPS) is 22.9. The average molecular weight is 378 g/mol. The molecule has 1 amide bonds. The summed E-state index contributed by atoms with van der Waals surface area (Å²) in [5.74, 6) is 0.546. The van der Waals surface area contributed by atoms with Gasteiger partial charge in [0.15, 0.2) is 0 Å². The number of allylic oxidation sites excluding steroid dienone is 2. The summed E-state index contributed by atoms with van der Waals surface area (Å²) in [5.41, 5.74) is 16.6. The molecule has 1 heterocycles. The molecule has 1 aromatic carbocycles. The third kappa shape index (κ3) is 4.57. The predicted octanol–water partition coefficient (Wildman–Crippen LogP) is 3.31. The Bertz CT molecular complexity index is 878. The predicted molar refractivity (Wildman–Crippen MR) is 112 cm³/mol. The molecule has 1 saturated carbocycles. The summed E-state index contributed by atoms with van der Waals surface area (Å²) in [7, 11) is 0. The van der Waals surface area contributed by atoms with E-state index >= 15 is 0 Å². The molecule has 6 heteroatoms. The zero-order valence-electron chi connectivity index (χ0n) is 16.1. The monoisotopic (exact) mass is 378 g/mol. The van der Waals surface area contributed by atoms with E-state index < -0.39 is 0 Å². The minimum atomic E-state index is -0.351. The van der Waals surface area contributed by atoms with E-state index in [1.165, 1.54) is 11.8 Å². The maximum absolute atomic E-state index is 11.0. The van der Waals surface area contributed by atoms with Crippen LogP contribution in [0.1, 0.15) is 49.7 Å². The zero-order chi connectivity index (χ0) is 20.1. The number of primary amides is 1. The van der Waals surface area contributed by atoms with Crippen molar-refractivity contribution >= 4 is 17.5 Å². The van der Waals surface area contributed by atoms with Crippen molar-refractivity contribution in [2.75, 3.05) is 6.61 Å².